The standard InChI is InChI=1S/C20H20N2O5/c23-18-11-15(21-20(24)25)19(22(18)12-13-4-2-1-3-5-13)14-6-7-16-17(10-14)27-9-8-26-16/h1-7,10,15,19,21H,8-9,11-12H2,(H,24,25)/t15-,19+/m0/s1. The van der Waals surface area contributed by atoms with Gasteiger partial charge in [0.05, 0.1) is 12.1 Å². The van der Waals surface area contributed by atoms with Gasteiger partial charge < -0.3 is 24.8 Å². The van der Waals surface area contributed by atoms with Crippen LogP contribution in [0.15, 0.2) is 48.5 Å². The molecule has 0 saturated carbocycles. The molecule has 2 heterocycles. The Bertz CT molecular complexity index is 855. The third kappa shape index (κ3) is 3.53. The summed E-state index contributed by atoms with van der Waals surface area (Å²) in [5.74, 6) is 1.19. The third-order valence-electron chi connectivity index (χ3n) is 4.84. The number of hydrogen-bond donors (Lipinski definition) is 2. The number of hydrogen-bond acceptors (Lipinski definition) is 4. The molecule has 1 saturated heterocycles. The minimum absolute atomic E-state index is 0.0857. The van der Waals surface area contributed by atoms with Crippen molar-refractivity contribution in [3.8, 4) is 11.5 Å². The van der Waals surface area contributed by atoms with E-state index in [2.05, 4.69) is 5.32 Å². The Labute approximate surface area is 156 Å². The van der Waals surface area contributed by atoms with E-state index in [4.69, 9.17) is 9.47 Å². The van der Waals surface area contributed by atoms with Crippen molar-refractivity contribution in [1.82, 2.24) is 10.2 Å². The highest BCUT2D eigenvalue weighted by Gasteiger charge is 2.41. The predicted octanol–water partition coefficient (Wildman–Crippen LogP) is 2.57. The summed E-state index contributed by atoms with van der Waals surface area (Å²) in [6.07, 6.45) is -1.02. The average Bonchev–Trinajstić information content (AvgIpc) is 2.96. The van der Waals surface area contributed by atoms with Crippen LogP contribution in [0.5, 0.6) is 11.5 Å². The summed E-state index contributed by atoms with van der Waals surface area (Å²) >= 11 is 0. The normalized spacial score (nSPS) is 21.2. The second-order valence-corrected chi connectivity index (χ2v) is 6.62. The number of nitrogens with zero attached hydrogens (tertiary/aromatic N) is 1. The van der Waals surface area contributed by atoms with E-state index < -0.39 is 18.2 Å². The smallest absolute Gasteiger partial charge is 0.404 e. The van der Waals surface area contributed by atoms with Gasteiger partial charge in [-0.05, 0) is 23.3 Å². The molecule has 0 unspecified atom stereocenters. The number of likely N-dealkylation sites (tertiary alicyclic amines) is 1. The third-order valence-corrected chi connectivity index (χ3v) is 4.84. The zero-order valence-electron chi connectivity index (χ0n) is 14.6. The molecule has 2 amide bonds. The van der Waals surface area contributed by atoms with E-state index in [0.29, 0.717) is 31.3 Å². The molecule has 140 valence electrons. The Morgan fingerprint density at radius 1 is 1.11 bits per heavy atom. The van der Waals surface area contributed by atoms with Gasteiger partial charge in [0.2, 0.25) is 5.91 Å². The molecule has 2 atom stereocenters. The van der Waals surface area contributed by atoms with Crippen LogP contribution in [0.1, 0.15) is 23.6 Å². The van der Waals surface area contributed by atoms with Crippen molar-refractivity contribution in [2.75, 3.05) is 13.2 Å². The van der Waals surface area contributed by atoms with Gasteiger partial charge in [0.25, 0.3) is 0 Å². The Hall–Kier alpha value is -3.22. The number of amides is 2. The number of ether oxygens (including phenoxy) is 2. The highest BCUT2D eigenvalue weighted by molar-refractivity contribution is 5.81. The summed E-state index contributed by atoms with van der Waals surface area (Å²) in [7, 11) is 0. The maximum absolute atomic E-state index is 12.7. The van der Waals surface area contributed by atoms with E-state index >= 15 is 0 Å². The van der Waals surface area contributed by atoms with Crippen molar-refractivity contribution in [3.63, 3.8) is 0 Å². The largest absolute Gasteiger partial charge is 0.486 e. The molecule has 0 aromatic heterocycles. The lowest BCUT2D eigenvalue weighted by Crippen LogP contribution is -2.39. The quantitative estimate of drug-likeness (QED) is 0.866. The Morgan fingerprint density at radius 3 is 2.59 bits per heavy atom. The minimum atomic E-state index is -1.14. The van der Waals surface area contributed by atoms with Gasteiger partial charge in [-0.15, -0.1) is 0 Å². The maximum atomic E-state index is 12.7. The maximum Gasteiger partial charge on any atom is 0.404 e. The summed E-state index contributed by atoms with van der Waals surface area (Å²) in [5, 5.41) is 11.7. The van der Waals surface area contributed by atoms with Gasteiger partial charge in [0.15, 0.2) is 11.5 Å². The van der Waals surface area contributed by atoms with Crippen LogP contribution in [0.25, 0.3) is 0 Å². The van der Waals surface area contributed by atoms with Gasteiger partial charge in [0, 0.05) is 13.0 Å². The van der Waals surface area contributed by atoms with Crippen LogP contribution in [0.2, 0.25) is 0 Å². The van der Waals surface area contributed by atoms with E-state index in [9.17, 15) is 14.7 Å². The first kappa shape index (κ1) is 17.2. The van der Waals surface area contributed by atoms with Crippen molar-refractivity contribution >= 4 is 12.0 Å². The SMILES string of the molecule is O=C(O)N[C@H]1CC(=O)N(Cc2ccccc2)[C@@H]1c1ccc2c(c1)OCCO2. The number of benzene rings is 2. The Morgan fingerprint density at radius 2 is 1.85 bits per heavy atom. The molecule has 0 radical (unpaired) electrons. The first-order chi connectivity index (χ1) is 13.1. The number of fused-ring (bicyclic) bond motifs is 1. The highest BCUT2D eigenvalue weighted by Crippen LogP contribution is 2.39. The van der Waals surface area contributed by atoms with Crippen molar-refractivity contribution in [1.29, 1.82) is 0 Å². The van der Waals surface area contributed by atoms with Crippen LogP contribution in [-0.4, -0.2) is 41.3 Å². The fourth-order valence-electron chi connectivity index (χ4n) is 3.70. The van der Waals surface area contributed by atoms with Gasteiger partial charge in [-0.3, -0.25) is 4.79 Å². The molecular formula is C20H20N2O5. The topological polar surface area (TPSA) is 88.1 Å². The van der Waals surface area contributed by atoms with E-state index in [1.165, 1.54) is 0 Å². The molecule has 0 bridgehead atoms. The molecule has 2 aromatic carbocycles. The van der Waals surface area contributed by atoms with E-state index in [1.807, 2.05) is 48.5 Å². The van der Waals surface area contributed by atoms with Gasteiger partial charge in [-0.2, -0.15) is 0 Å². The average molecular weight is 368 g/mol. The second kappa shape index (κ2) is 7.19. The number of nitrogens with one attached hydrogen (secondary N) is 1. The number of carboxylic acid groups (broad SMARTS) is 1. The Kier molecular flexibility index (Phi) is 4.58. The lowest BCUT2D eigenvalue weighted by molar-refractivity contribution is -0.129. The second-order valence-electron chi connectivity index (χ2n) is 6.62. The van der Waals surface area contributed by atoms with Crippen molar-refractivity contribution < 1.29 is 24.2 Å². The monoisotopic (exact) mass is 368 g/mol. The molecule has 0 aliphatic carbocycles. The summed E-state index contributed by atoms with van der Waals surface area (Å²) in [6, 6.07) is 14.2. The van der Waals surface area contributed by atoms with Gasteiger partial charge in [-0.1, -0.05) is 36.4 Å². The van der Waals surface area contributed by atoms with E-state index in [1.54, 1.807) is 4.90 Å². The zero-order valence-corrected chi connectivity index (χ0v) is 14.6. The molecule has 2 aliphatic rings. The van der Waals surface area contributed by atoms with Gasteiger partial charge >= 0.3 is 6.09 Å². The van der Waals surface area contributed by atoms with Crippen LogP contribution in [0.4, 0.5) is 4.79 Å². The van der Waals surface area contributed by atoms with Crippen molar-refractivity contribution in [2.45, 2.75) is 25.0 Å². The molecule has 2 aromatic rings. The highest BCUT2D eigenvalue weighted by atomic mass is 16.6. The van der Waals surface area contributed by atoms with Crippen LogP contribution >= 0.6 is 0 Å². The fraction of sp³-hybridized carbons (Fsp3) is 0.300. The molecular weight excluding hydrogens is 348 g/mol. The number of rotatable bonds is 4. The molecule has 0 spiro atoms. The summed E-state index contributed by atoms with van der Waals surface area (Å²) < 4.78 is 11.2. The van der Waals surface area contributed by atoms with Gasteiger partial charge in [-0.25, -0.2) is 4.79 Å². The van der Waals surface area contributed by atoms with Gasteiger partial charge in [0.1, 0.15) is 13.2 Å². The molecule has 2 N–H and O–H groups in total. The lowest BCUT2D eigenvalue weighted by Gasteiger charge is -2.30. The summed E-state index contributed by atoms with van der Waals surface area (Å²) in [4.78, 5) is 25.7. The summed E-state index contributed by atoms with van der Waals surface area (Å²) in [5.41, 5.74) is 1.81. The molecule has 4 rings (SSSR count). The predicted molar refractivity (Wildman–Crippen MR) is 96.7 cm³/mol. The molecule has 7 heteroatoms. The first-order valence-electron chi connectivity index (χ1n) is 8.84. The molecule has 1 fully saturated rings. The molecule has 2 aliphatic heterocycles. The van der Waals surface area contributed by atoms with Crippen LogP contribution in [0, 0.1) is 0 Å². The fourth-order valence-corrected chi connectivity index (χ4v) is 3.70. The number of carbonyl (C=O) groups is 2. The summed E-state index contributed by atoms with van der Waals surface area (Å²) in [6.45, 7) is 1.37. The van der Waals surface area contributed by atoms with Crippen LogP contribution < -0.4 is 14.8 Å². The first-order valence-corrected chi connectivity index (χ1v) is 8.84. The van der Waals surface area contributed by atoms with Crippen molar-refractivity contribution in [3.05, 3.63) is 59.7 Å². The van der Waals surface area contributed by atoms with Crippen LogP contribution in [-0.2, 0) is 11.3 Å². The van der Waals surface area contributed by atoms with Crippen LogP contribution in [0.3, 0.4) is 0 Å². The zero-order chi connectivity index (χ0) is 18.8. The lowest BCUT2D eigenvalue weighted by atomic mass is 9.99. The van der Waals surface area contributed by atoms with E-state index in [0.717, 1.165) is 11.1 Å². The number of carbonyl (C=O) groups excluding carboxylic acids is 1. The molecule has 27 heavy (non-hydrogen) atoms. The minimum Gasteiger partial charge on any atom is -0.486 e. The van der Waals surface area contributed by atoms with Crippen molar-refractivity contribution in [2.24, 2.45) is 0 Å². The Balaban J connectivity index is 1.68. The molecule has 7 nitrogen and oxygen atoms in total. The van der Waals surface area contributed by atoms with E-state index in [-0.39, 0.29) is 12.3 Å².